The molecule has 5 nitrogen and oxygen atoms in total. The largest absolute Gasteiger partial charge is 0.491 e. The number of carbonyl (C=O) groups excluding carboxylic acids is 1. The Hall–Kier alpha value is -2.47. The van der Waals surface area contributed by atoms with Crippen LogP contribution in [0.25, 0.3) is 10.2 Å². The molecular weight excluding hydrogens is 360 g/mol. The number of rotatable bonds is 5. The standard InChI is InChI=1S/C21H22N2O3S/c1-14(24)15-7-5-6-9-17(15)26-12-11-23-13-22-20-19(21(23)25)16-8-3-2-4-10-18(16)27-20/h5-7,9,13H,2-4,8,10-12H2,1H3. The summed E-state index contributed by atoms with van der Waals surface area (Å²) >= 11 is 1.67. The Morgan fingerprint density at radius 2 is 2.04 bits per heavy atom. The zero-order chi connectivity index (χ0) is 18.8. The van der Waals surface area contributed by atoms with Crippen LogP contribution in [0.4, 0.5) is 0 Å². The van der Waals surface area contributed by atoms with E-state index in [9.17, 15) is 9.59 Å². The molecule has 0 atom stereocenters. The Bertz CT molecular complexity index is 1050. The number of hydrogen-bond donors (Lipinski definition) is 0. The van der Waals surface area contributed by atoms with Crippen LogP contribution in [0.15, 0.2) is 35.4 Å². The van der Waals surface area contributed by atoms with E-state index in [0.717, 1.165) is 29.5 Å². The zero-order valence-electron chi connectivity index (χ0n) is 15.4. The molecule has 2 heterocycles. The first-order chi connectivity index (χ1) is 13.1. The van der Waals surface area contributed by atoms with Gasteiger partial charge >= 0.3 is 0 Å². The highest BCUT2D eigenvalue weighted by atomic mass is 32.1. The normalized spacial score (nSPS) is 14.0. The number of para-hydroxylation sites is 1. The average molecular weight is 382 g/mol. The Balaban J connectivity index is 1.56. The first-order valence-electron chi connectivity index (χ1n) is 9.37. The van der Waals surface area contributed by atoms with Gasteiger partial charge in [-0.3, -0.25) is 14.2 Å². The minimum Gasteiger partial charge on any atom is -0.491 e. The third-order valence-electron chi connectivity index (χ3n) is 5.05. The van der Waals surface area contributed by atoms with Gasteiger partial charge in [0.25, 0.3) is 5.56 Å². The van der Waals surface area contributed by atoms with Crippen LogP contribution in [0.1, 0.15) is 47.0 Å². The summed E-state index contributed by atoms with van der Waals surface area (Å²) in [5.74, 6) is 0.517. The number of benzene rings is 1. The third kappa shape index (κ3) is 3.54. The van der Waals surface area contributed by atoms with Crippen LogP contribution >= 0.6 is 11.3 Å². The number of carbonyl (C=O) groups is 1. The lowest BCUT2D eigenvalue weighted by Gasteiger charge is -2.11. The van der Waals surface area contributed by atoms with Crippen molar-refractivity contribution in [2.45, 2.75) is 45.6 Å². The summed E-state index contributed by atoms with van der Waals surface area (Å²) in [5.41, 5.74) is 1.78. The van der Waals surface area contributed by atoms with Crippen molar-refractivity contribution >= 4 is 27.3 Å². The molecule has 0 saturated carbocycles. The van der Waals surface area contributed by atoms with Gasteiger partial charge in [-0.2, -0.15) is 0 Å². The molecule has 1 aliphatic carbocycles. The van der Waals surface area contributed by atoms with Gasteiger partial charge in [0, 0.05) is 4.88 Å². The number of aromatic nitrogens is 2. The molecule has 4 rings (SSSR count). The van der Waals surface area contributed by atoms with Crippen molar-refractivity contribution in [1.29, 1.82) is 0 Å². The fourth-order valence-corrected chi connectivity index (χ4v) is 4.87. The van der Waals surface area contributed by atoms with Gasteiger partial charge in [0.1, 0.15) is 17.2 Å². The van der Waals surface area contributed by atoms with Gasteiger partial charge in [-0.05, 0) is 50.3 Å². The van der Waals surface area contributed by atoms with Gasteiger partial charge < -0.3 is 4.74 Å². The van der Waals surface area contributed by atoms with E-state index in [4.69, 9.17) is 4.74 Å². The van der Waals surface area contributed by atoms with Crippen LogP contribution in [0.5, 0.6) is 5.75 Å². The Labute approximate surface area is 161 Å². The molecule has 0 aliphatic heterocycles. The molecular formula is C21H22N2O3S. The quantitative estimate of drug-likeness (QED) is 0.494. The molecule has 6 heteroatoms. The van der Waals surface area contributed by atoms with Gasteiger partial charge in [0.2, 0.25) is 0 Å². The second-order valence-electron chi connectivity index (χ2n) is 6.89. The number of ketones is 1. The summed E-state index contributed by atoms with van der Waals surface area (Å²) in [4.78, 5) is 31.4. The third-order valence-corrected chi connectivity index (χ3v) is 6.25. The van der Waals surface area contributed by atoms with Gasteiger partial charge in [-0.15, -0.1) is 11.3 Å². The number of hydrogen-bond acceptors (Lipinski definition) is 5. The summed E-state index contributed by atoms with van der Waals surface area (Å²) < 4.78 is 7.40. The van der Waals surface area contributed by atoms with Crippen LogP contribution < -0.4 is 10.3 Å². The summed E-state index contributed by atoms with van der Waals surface area (Å²) in [6.07, 6.45) is 7.19. The van der Waals surface area contributed by atoms with Crippen molar-refractivity contribution in [3.63, 3.8) is 0 Å². The van der Waals surface area contributed by atoms with Crippen molar-refractivity contribution in [2.75, 3.05) is 6.61 Å². The minimum atomic E-state index is -0.0354. The van der Waals surface area contributed by atoms with Crippen molar-refractivity contribution < 1.29 is 9.53 Å². The molecule has 0 fully saturated rings. The Kier molecular flexibility index (Phi) is 5.07. The van der Waals surface area contributed by atoms with E-state index in [0.29, 0.717) is 24.5 Å². The van der Waals surface area contributed by atoms with E-state index < -0.39 is 0 Å². The first-order valence-corrected chi connectivity index (χ1v) is 10.2. The molecule has 0 radical (unpaired) electrons. The lowest BCUT2D eigenvalue weighted by Crippen LogP contribution is -2.24. The molecule has 140 valence electrons. The van der Waals surface area contributed by atoms with Crippen LogP contribution in [-0.4, -0.2) is 21.9 Å². The summed E-state index contributed by atoms with van der Waals surface area (Å²) in [5, 5.41) is 0.795. The minimum absolute atomic E-state index is 0.0165. The number of nitrogens with zero attached hydrogens (tertiary/aromatic N) is 2. The van der Waals surface area contributed by atoms with Crippen molar-refractivity contribution in [3.05, 3.63) is 57.0 Å². The molecule has 27 heavy (non-hydrogen) atoms. The predicted octanol–water partition coefficient (Wildman–Crippen LogP) is 4.01. The number of thiophene rings is 1. The lowest BCUT2D eigenvalue weighted by molar-refractivity contribution is 0.101. The highest BCUT2D eigenvalue weighted by molar-refractivity contribution is 7.18. The van der Waals surface area contributed by atoms with E-state index >= 15 is 0 Å². The highest BCUT2D eigenvalue weighted by Crippen LogP contribution is 2.32. The average Bonchev–Trinajstić information content (AvgIpc) is 2.86. The molecule has 0 saturated heterocycles. The lowest BCUT2D eigenvalue weighted by atomic mass is 10.1. The molecule has 3 aromatic rings. The topological polar surface area (TPSA) is 61.2 Å². The van der Waals surface area contributed by atoms with E-state index in [1.54, 1.807) is 34.4 Å². The summed E-state index contributed by atoms with van der Waals surface area (Å²) in [6, 6.07) is 7.17. The van der Waals surface area contributed by atoms with E-state index in [-0.39, 0.29) is 11.3 Å². The number of aryl methyl sites for hydroxylation is 2. The van der Waals surface area contributed by atoms with Crippen molar-refractivity contribution in [1.82, 2.24) is 9.55 Å². The molecule has 1 aliphatic rings. The monoisotopic (exact) mass is 382 g/mol. The Morgan fingerprint density at radius 3 is 2.89 bits per heavy atom. The molecule has 0 unspecified atom stereocenters. The van der Waals surface area contributed by atoms with Gasteiger partial charge in [0.05, 0.1) is 23.8 Å². The predicted molar refractivity (Wildman–Crippen MR) is 107 cm³/mol. The molecule has 0 bridgehead atoms. The molecule has 2 aromatic heterocycles. The van der Waals surface area contributed by atoms with E-state index in [1.165, 1.54) is 30.2 Å². The smallest absolute Gasteiger partial charge is 0.262 e. The van der Waals surface area contributed by atoms with Crippen LogP contribution in [-0.2, 0) is 19.4 Å². The number of Topliss-reactive ketones (excluding diaryl/α,β-unsaturated/α-hetero) is 1. The van der Waals surface area contributed by atoms with Crippen LogP contribution in [0, 0.1) is 0 Å². The second-order valence-corrected chi connectivity index (χ2v) is 7.97. The van der Waals surface area contributed by atoms with Crippen LogP contribution in [0.3, 0.4) is 0 Å². The maximum atomic E-state index is 13.0. The van der Waals surface area contributed by atoms with Crippen molar-refractivity contribution in [3.8, 4) is 5.75 Å². The summed E-state index contributed by atoms with van der Waals surface area (Å²) in [6.45, 7) is 2.23. The first kappa shape index (κ1) is 17.9. The molecule has 0 N–H and O–H groups in total. The van der Waals surface area contributed by atoms with Gasteiger partial charge in [-0.25, -0.2) is 4.98 Å². The highest BCUT2D eigenvalue weighted by Gasteiger charge is 2.19. The number of fused-ring (bicyclic) bond motifs is 3. The summed E-state index contributed by atoms with van der Waals surface area (Å²) in [7, 11) is 0. The van der Waals surface area contributed by atoms with Gasteiger partial charge in [-0.1, -0.05) is 18.6 Å². The second kappa shape index (κ2) is 7.64. The van der Waals surface area contributed by atoms with Gasteiger partial charge in [0.15, 0.2) is 5.78 Å². The Morgan fingerprint density at radius 1 is 1.22 bits per heavy atom. The molecule has 0 amide bonds. The maximum Gasteiger partial charge on any atom is 0.262 e. The molecule has 0 spiro atoms. The fourth-order valence-electron chi connectivity index (χ4n) is 3.65. The SMILES string of the molecule is CC(=O)c1ccccc1OCCn1cnc2sc3c(c2c1=O)CCCCC3. The van der Waals surface area contributed by atoms with E-state index in [1.807, 2.05) is 12.1 Å². The molecule has 1 aromatic carbocycles. The maximum absolute atomic E-state index is 13.0. The van der Waals surface area contributed by atoms with Crippen LogP contribution in [0.2, 0.25) is 0 Å². The number of ether oxygens (including phenoxy) is 1. The van der Waals surface area contributed by atoms with Crippen molar-refractivity contribution in [2.24, 2.45) is 0 Å². The fraction of sp³-hybridized carbons (Fsp3) is 0.381. The zero-order valence-corrected chi connectivity index (χ0v) is 16.2. The van der Waals surface area contributed by atoms with E-state index in [2.05, 4.69) is 4.98 Å².